The normalized spacial score (nSPS) is 17.2. The van der Waals surface area contributed by atoms with Gasteiger partial charge < -0.3 is 10.2 Å². The molecule has 3 rings (SSSR count). The van der Waals surface area contributed by atoms with Crippen molar-refractivity contribution in [1.29, 1.82) is 0 Å². The molecule has 1 saturated heterocycles. The van der Waals surface area contributed by atoms with Crippen LogP contribution in [-0.2, 0) is 6.54 Å². The zero-order valence-corrected chi connectivity index (χ0v) is 13.5. The van der Waals surface area contributed by atoms with Crippen LogP contribution in [-0.4, -0.2) is 30.6 Å². The van der Waals surface area contributed by atoms with Crippen molar-refractivity contribution >= 4 is 11.3 Å². The summed E-state index contributed by atoms with van der Waals surface area (Å²) in [5.74, 6) is 0. The molecular formula is C18H24N2S. The van der Waals surface area contributed by atoms with Crippen molar-refractivity contribution in [1.82, 2.24) is 10.2 Å². The van der Waals surface area contributed by atoms with E-state index in [2.05, 4.69) is 58.9 Å². The second kappa shape index (κ2) is 7.21. The molecule has 1 aliphatic rings. The van der Waals surface area contributed by atoms with Crippen molar-refractivity contribution < 1.29 is 0 Å². The number of thiophene rings is 1. The second-order valence-electron chi connectivity index (χ2n) is 5.76. The van der Waals surface area contributed by atoms with E-state index in [0.29, 0.717) is 6.04 Å². The first-order chi connectivity index (χ1) is 10.3. The monoisotopic (exact) mass is 300 g/mol. The maximum Gasteiger partial charge on any atom is 0.0302 e. The number of benzene rings is 1. The van der Waals surface area contributed by atoms with E-state index in [9.17, 15) is 0 Å². The molecule has 0 atom stereocenters. The Kier molecular flexibility index (Phi) is 5.07. The summed E-state index contributed by atoms with van der Waals surface area (Å²) in [6, 6.07) is 13.7. The molecule has 0 radical (unpaired) electrons. The highest BCUT2D eigenvalue weighted by atomic mass is 32.1. The first-order valence-corrected chi connectivity index (χ1v) is 8.81. The third-order valence-corrected chi connectivity index (χ3v) is 5.30. The molecule has 1 aromatic heterocycles. The zero-order chi connectivity index (χ0) is 14.5. The van der Waals surface area contributed by atoms with Crippen molar-refractivity contribution in [3.63, 3.8) is 0 Å². The number of piperidine rings is 1. The van der Waals surface area contributed by atoms with E-state index >= 15 is 0 Å². The lowest BCUT2D eigenvalue weighted by Gasteiger charge is -2.31. The van der Waals surface area contributed by atoms with Gasteiger partial charge in [0.25, 0.3) is 0 Å². The molecular weight excluding hydrogens is 276 g/mol. The van der Waals surface area contributed by atoms with Gasteiger partial charge in [0, 0.05) is 17.5 Å². The SMILES string of the molecule is CCN1CCC(NCc2cc(-c3ccccc3)cs2)CC1. The van der Waals surface area contributed by atoms with Crippen LogP contribution in [0.2, 0.25) is 0 Å². The smallest absolute Gasteiger partial charge is 0.0302 e. The molecule has 112 valence electrons. The Hall–Kier alpha value is -1.16. The van der Waals surface area contributed by atoms with Gasteiger partial charge >= 0.3 is 0 Å². The standard InChI is InChI=1S/C18H24N2S/c1-2-20-10-8-17(9-11-20)19-13-18-12-16(14-21-18)15-6-4-3-5-7-15/h3-7,12,14,17,19H,2,8-11,13H2,1H3. The fourth-order valence-corrected chi connectivity index (χ4v) is 3.80. The Bertz CT molecular complexity index is 541. The van der Waals surface area contributed by atoms with Crippen LogP contribution < -0.4 is 5.32 Å². The Labute approximate surface area is 131 Å². The van der Waals surface area contributed by atoms with Crippen molar-refractivity contribution in [3.05, 3.63) is 46.7 Å². The lowest BCUT2D eigenvalue weighted by molar-refractivity contribution is 0.206. The summed E-state index contributed by atoms with van der Waals surface area (Å²) in [7, 11) is 0. The van der Waals surface area contributed by atoms with Crippen LogP contribution >= 0.6 is 11.3 Å². The van der Waals surface area contributed by atoms with Crippen molar-refractivity contribution in [3.8, 4) is 11.1 Å². The Morgan fingerprint density at radius 1 is 1.14 bits per heavy atom. The second-order valence-corrected chi connectivity index (χ2v) is 6.75. The number of hydrogen-bond donors (Lipinski definition) is 1. The minimum absolute atomic E-state index is 0.690. The van der Waals surface area contributed by atoms with Gasteiger partial charge in [-0.25, -0.2) is 0 Å². The molecule has 0 unspecified atom stereocenters. The Morgan fingerprint density at radius 2 is 1.90 bits per heavy atom. The molecule has 0 saturated carbocycles. The largest absolute Gasteiger partial charge is 0.309 e. The van der Waals surface area contributed by atoms with Crippen LogP contribution in [0.25, 0.3) is 11.1 Å². The van der Waals surface area contributed by atoms with Crippen LogP contribution in [0.1, 0.15) is 24.6 Å². The van der Waals surface area contributed by atoms with Gasteiger partial charge in [-0.3, -0.25) is 0 Å². The minimum atomic E-state index is 0.690. The highest BCUT2D eigenvalue weighted by Crippen LogP contribution is 2.25. The average Bonchev–Trinajstić information content (AvgIpc) is 3.03. The van der Waals surface area contributed by atoms with Gasteiger partial charge in [-0.05, 0) is 55.0 Å². The fraction of sp³-hybridized carbons (Fsp3) is 0.444. The molecule has 1 fully saturated rings. The van der Waals surface area contributed by atoms with Gasteiger partial charge in [0.2, 0.25) is 0 Å². The Morgan fingerprint density at radius 3 is 2.62 bits per heavy atom. The van der Waals surface area contributed by atoms with Crippen LogP contribution in [0.4, 0.5) is 0 Å². The molecule has 21 heavy (non-hydrogen) atoms. The van der Waals surface area contributed by atoms with E-state index in [0.717, 1.165) is 6.54 Å². The summed E-state index contributed by atoms with van der Waals surface area (Å²) < 4.78 is 0. The third kappa shape index (κ3) is 3.94. The molecule has 0 aliphatic carbocycles. The van der Waals surface area contributed by atoms with E-state index in [1.807, 2.05) is 11.3 Å². The molecule has 1 N–H and O–H groups in total. The van der Waals surface area contributed by atoms with E-state index in [-0.39, 0.29) is 0 Å². The van der Waals surface area contributed by atoms with E-state index in [4.69, 9.17) is 0 Å². The quantitative estimate of drug-likeness (QED) is 0.898. The highest BCUT2D eigenvalue weighted by Gasteiger charge is 2.17. The minimum Gasteiger partial charge on any atom is -0.309 e. The summed E-state index contributed by atoms with van der Waals surface area (Å²) in [6.07, 6.45) is 2.56. The summed E-state index contributed by atoms with van der Waals surface area (Å²) in [4.78, 5) is 3.98. The predicted octanol–water partition coefficient (Wildman–Crippen LogP) is 3.99. The summed E-state index contributed by atoms with van der Waals surface area (Å²) in [5.41, 5.74) is 2.66. The molecule has 0 bridgehead atoms. The van der Waals surface area contributed by atoms with Gasteiger partial charge in [0.1, 0.15) is 0 Å². The number of rotatable bonds is 5. The molecule has 1 aromatic carbocycles. The van der Waals surface area contributed by atoms with Gasteiger partial charge in [0.05, 0.1) is 0 Å². The fourth-order valence-electron chi connectivity index (χ4n) is 2.95. The number of hydrogen-bond acceptors (Lipinski definition) is 3. The maximum atomic E-state index is 3.73. The third-order valence-electron chi connectivity index (χ3n) is 4.36. The molecule has 1 aliphatic heterocycles. The lowest BCUT2D eigenvalue weighted by atomic mass is 10.1. The molecule has 2 heterocycles. The van der Waals surface area contributed by atoms with Crippen molar-refractivity contribution in [2.24, 2.45) is 0 Å². The van der Waals surface area contributed by atoms with Crippen LogP contribution in [0.5, 0.6) is 0 Å². The van der Waals surface area contributed by atoms with Crippen LogP contribution in [0.15, 0.2) is 41.8 Å². The predicted molar refractivity (Wildman–Crippen MR) is 91.7 cm³/mol. The highest BCUT2D eigenvalue weighted by molar-refractivity contribution is 7.10. The number of nitrogens with zero attached hydrogens (tertiary/aromatic N) is 1. The molecule has 2 aromatic rings. The first-order valence-electron chi connectivity index (χ1n) is 7.93. The zero-order valence-electron chi connectivity index (χ0n) is 12.7. The summed E-state index contributed by atoms with van der Waals surface area (Å²) in [6.45, 7) is 6.94. The molecule has 0 amide bonds. The number of likely N-dealkylation sites (tertiary alicyclic amines) is 1. The Balaban J connectivity index is 1.52. The molecule has 0 spiro atoms. The topological polar surface area (TPSA) is 15.3 Å². The molecule has 2 nitrogen and oxygen atoms in total. The van der Waals surface area contributed by atoms with Crippen molar-refractivity contribution in [2.75, 3.05) is 19.6 Å². The summed E-state index contributed by atoms with van der Waals surface area (Å²) in [5, 5.41) is 6.00. The lowest BCUT2D eigenvalue weighted by Crippen LogP contribution is -2.41. The van der Waals surface area contributed by atoms with Gasteiger partial charge in [-0.1, -0.05) is 37.3 Å². The van der Waals surface area contributed by atoms with Crippen LogP contribution in [0.3, 0.4) is 0 Å². The van der Waals surface area contributed by atoms with Crippen molar-refractivity contribution in [2.45, 2.75) is 32.4 Å². The van der Waals surface area contributed by atoms with E-state index in [1.165, 1.54) is 48.5 Å². The van der Waals surface area contributed by atoms with E-state index < -0.39 is 0 Å². The van der Waals surface area contributed by atoms with Gasteiger partial charge in [0.15, 0.2) is 0 Å². The van der Waals surface area contributed by atoms with Gasteiger partial charge in [-0.15, -0.1) is 11.3 Å². The maximum absolute atomic E-state index is 3.73. The summed E-state index contributed by atoms with van der Waals surface area (Å²) >= 11 is 1.87. The average molecular weight is 300 g/mol. The number of nitrogens with one attached hydrogen (secondary N) is 1. The van der Waals surface area contributed by atoms with E-state index in [1.54, 1.807) is 0 Å². The van der Waals surface area contributed by atoms with Crippen LogP contribution in [0, 0.1) is 0 Å². The molecule has 3 heteroatoms. The first kappa shape index (κ1) is 14.8. The van der Waals surface area contributed by atoms with Gasteiger partial charge in [-0.2, -0.15) is 0 Å².